The van der Waals surface area contributed by atoms with Gasteiger partial charge in [-0.25, -0.2) is 9.59 Å². The van der Waals surface area contributed by atoms with Gasteiger partial charge in [0.25, 0.3) is 0 Å². The fourth-order valence-electron chi connectivity index (χ4n) is 7.70. The number of unbranched alkanes of at least 4 members (excludes halogenated alkanes) is 1. The summed E-state index contributed by atoms with van der Waals surface area (Å²) in [5.74, 6) is -2.45. The number of carboxylic acids is 2. The monoisotopic (exact) mass is 835 g/mol. The number of nitrogens with zero attached hydrogens (tertiary/aromatic N) is 2. The molecule has 8 rings (SSSR count). The molecule has 6 aromatic carbocycles. The van der Waals surface area contributed by atoms with E-state index >= 15 is 0 Å². The van der Waals surface area contributed by atoms with Crippen LogP contribution in [0.4, 0.5) is 11.4 Å². The highest BCUT2D eigenvalue weighted by molar-refractivity contribution is 6.43. The van der Waals surface area contributed by atoms with E-state index in [2.05, 4.69) is 21.2 Å². The number of rotatable bonds is 11. The molecular weight excluding hydrogens is 793 g/mol. The van der Waals surface area contributed by atoms with Crippen LogP contribution >= 0.6 is 23.2 Å². The quantitative estimate of drug-likeness (QED) is 0.0797. The maximum Gasteiger partial charge on any atom is 0.339 e. The topological polar surface area (TPSA) is 160 Å². The first kappa shape index (κ1) is 41.2. The lowest BCUT2D eigenvalue weighted by Gasteiger charge is -2.36. The summed E-state index contributed by atoms with van der Waals surface area (Å²) in [6.07, 6.45) is 3.43. The van der Waals surface area contributed by atoms with Gasteiger partial charge in [0.2, 0.25) is 5.91 Å². The van der Waals surface area contributed by atoms with Gasteiger partial charge in [-0.1, -0.05) is 83.9 Å². The van der Waals surface area contributed by atoms with Gasteiger partial charge in [0.1, 0.15) is 28.4 Å². The molecule has 2 aliphatic rings. The number of benzene rings is 6. The second-order valence-electron chi connectivity index (χ2n) is 14.6. The number of carbonyl (C=O) groups is 3. The van der Waals surface area contributed by atoms with E-state index in [0.717, 1.165) is 69.1 Å². The van der Waals surface area contributed by atoms with Gasteiger partial charge in [-0.3, -0.25) is 9.69 Å². The largest absolute Gasteiger partial charge is 0.507 e. The minimum atomic E-state index is -1.28. The van der Waals surface area contributed by atoms with Gasteiger partial charge in [-0.05, 0) is 83.2 Å². The van der Waals surface area contributed by atoms with E-state index in [4.69, 9.17) is 27.9 Å². The molecule has 5 N–H and O–H groups in total. The Balaban J connectivity index is 0.000000179. The molecule has 59 heavy (non-hydrogen) atoms. The Hall–Kier alpha value is -6.01. The number of halogens is 2. The summed E-state index contributed by atoms with van der Waals surface area (Å²) in [7, 11) is 0. The van der Waals surface area contributed by atoms with E-state index in [0.29, 0.717) is 55.7 Å². The smallest absolute Gasteiger partial charge is 0.339 e. The Morgan fingerprint density at radius 3 is 1.93 bits per heavy atom. The van der Waals surface area contributed by atoms with Crippen LogP contribution in [0.3, 0.4) is 0 Å². The van der Waals surface area contributed by atoms with E-state index in [1.54, 1.807) is 48.5 Å². The highest BCUT2D eigenvalue weighted by Crippen LogP contribution is 2.39. The summed E-state index contributed by atoms with van der Waals surface area (Å²) < 4.78 is 5.89. The molecule has 1 saturated heterocycles. The van der Waals surface area contributed by atoms with Gasteiger partial charge in [-0.2, -0.15) is 0 Å². The molecule has 0 bridgehead atoms. The normalized spacial score (nSPS) is 14.0. The first-order valence-corrected chi connectivity index (χ1v) is 20.1. The zero-order chi connectivity index (χ0) is 41.6. The summed E-state index contributed by atoms with van der Waals surface area (Å²) in [4.78, 5) is 39.6. The molecule has 2 aliphatic heterocycles. The molecule has 0 atom stereocenters. The number of phenols is 2. The number of carboxylic acid groups (broad SMARTS) is 2. The number of aromatic hydroxyl groups is 2. The van der Waals surface area contributed by atoms with Gasteiger partial charge in [-0.15, -0.1) is 0 Å². The number of hydrogen-bond acceptors (Lipinski definition) is 8. The van der Waals surface area contributed by atoms with E-state index in [9.17, 15) is 34.8 Å². The third-order valence-corrected chi connectivity index (χ3v) is 11.6. The third-order valence-electron chi connectivity index (χ3n) is 10.8. The van der Waals surface area contributed by atoms with Gasteiger partial charge < -0.3 is 35.4 Å². The highest BCUT2D eigenvalue weighted by Gasteiger charge is 2.23. The van der Waals surface area contributed by atoms with Crippen LogP contribution in [0.1, 0.15) is 56.7 Å². The maximum absolute atomic E-state index is 11.6. The van der Waals surface area contributed by atoms with Crippen LogP contribution in [0, 0.1) is 0 Å². The highest BCUT2D eigenvalue weighted by atomic mass is 35.5. The summed E-state index contributed by atoms with van der Waals surface area (Å²) in [5, 5.41) is 47.0. The first-order chi connectivity index (χ1) is 28.5. The lowest BCUT2D eigenvalue weighted by Crippen LogP contribution is -2.46. The average molecular weight is 837 g/mol. The average Bonchev–Trinajstić information content (AvgIpc) is 3.23. The van der Waals surface area contributed by atoms with Crippen molar-refractivity contribution in [2.75, 3.05) is 49.5 Å². The number of amides is 1. The predicted molar refractivity (Wildman–Crippen MR) is 231 cm³/mol. The molecule has 304 valence electrons. The lowest BCUT2D eigenvalue weighted by atomic mass is 9.90. The molecule has 0 aromatic heterocycles. The molecule has 1 amide bonds. The number of nitrogens with one attached hydrogen (secondary N) is 1. The fraction of sp³-hybridized carbons (Fsp3) is 0.239. The minimum absolute atomic E-state index is 0.0407. The molecule has 0 radical (unpaired) electrons. The zero-order valence-corrected chi connectivity index (χ0v) is 33.6. The number of aromatic carboxylic acids is 2. The van der Waals surface area contributed by atoms with Gasteiger partial charge in [0.15, 0.2) is 0 Å². The maximum atomic E-state index is 11.6. The van der Waals surface area contributed by atoms with Gasteiger partial charge in [0, 0.05) is 61.9 Å². The van der Waals surface area contributed by atoms with Crippen molar-refractivity contribution >= 4 is 74.0 Å². The Morgan fingerprint density at radius 2 is 1.32 bits per heavy atom. The Bertz CT molecular complexity index is 2450. The SMILES string of the molecule is O=C(O)c1cc2ccccc2c(Cc2c(O)c(C(=O)O)cc3ccccc23)c1O.O=C1CCc2ccc(OCCCCN3CCN(c4cccc(Cl)c4Cl)CC3)cc2N1. The minimum Gasteiger partial charge on any atom is -0.507 e. The number of carbonyl (C=O) groups excluding carboxylic acids is 1. The van der Waals surface area contributed by atoms with Crippen LogP contribution in [0.25, 0.3) is 21.5 Å². The van der Waals surface area contributed by atoms with Crippen molar-refractivity contribution in [3.8, 4) is 17.2 Å². The van der Waals surface area contributed by atoms with Crippen molar-refractivity contribution in [3.05, 3.63) is 135 Å². The number of piperazine rings is 1. The fourth-order valence-corrected chi connectivity index (χ4v) is 8.12. The van der Waals surface area contributed by atoms with Crippen molar-refractivity contribution in [2.24, 2.45) is 0 Å². The molecule has 0 spiro atoms. The second kappa shape index (κ2) is 18.3. The van der Waals surface area contributed by atoms with E-state index in [1.807, 2.05) is 30.3 Å². The van der Waals surface area contributed by atoms with Crippen LogP contribution in [-0.2, 0) is 17.6 Å². The van der Waals surface area contributed by atoms with Crippen LogP contribution in [-0.4, -0.2) is 82.5 Å². The van der Waals surface area contributed by atoms with Crippen molar-refractivity contribution in [2.45, 2.75) is 32.1 Å². The molecular formula is C46H43Cl2N3O8. The van der Waals surface area contributed by atoms with Crippen LogP contribution in [0.5, 0.6) is 17.2 Å². The molecule has 0 aliphatic carbocycles. The molecule has 2 heterocycles. The predicted octanol–water partition coefficient (Wildman–Crippen LogP) is 9.25. The number of hydrogen-bond donors (Lipinski definition) is 5. The van der Waals surface area contributed by atoms with Crippen LogP contribution in [0.15, 0.2) is 97.1 Å². The summed E-state index contributed by atoms with van der Waals surface area (Å²) in [5.41, 5.74) is 3.21. The number of ether oxygens (including phenoxy) is 1. The van der Waals surface area contributed by atoms with Gasteiger partial charge >= 0.3 is 11.9 Å². The third kappa shape index (κ3) is 9.33. The van der Waals surface area contributed by atoms with Crippen LogP contribution in [0.2, 0.25) is 10.0 Å². The molecule has 0 unspecified atom stereocenters. The van der Waals surface area contributed by atoms with Crippen molar-refractivity contribution < 1.29 is 39.5 Å². The summed E-state index contributed by atoms with van der Waals surface area (Å²) in [6, 6.07) is 28.6. The molecule has 11 nitrogen and oxygen atoms in total. The lowest BCUT2D eigenvalue weighted by molar-refractivity contribution is -0.116. The van der Waals surface area contributed by atoms with Gasteiger partial charge in [0.05, 0.1) is 22.3 Å². The Labute approximate surface area is 351 Å². The second-order valence-corrected chi connectivity index (χ2v) is 15.3. The molecule has 0 saturated carbocycles. The zero-order valence-electron chi connectivity index (χ0n) is 32.1. The van der Waals surface area contributed by atoms with E-state index < -0.39 is 23.4 Å². The molecule has 1 fully saturated rings. The van der Waals surface area contributed by atoms with Crippen LogP contribution < -0.4 is 15.0 Å². The first-order valence-electron chi connectivity index (χ1n) is 19.4. The number of anilines is 2. The van der Waals surface area contributed by atoms with E-state index in [-0.39, 0.29) is 23.5 Å². The molecule has 13 heteroatoms. The summed E-state index contributed by atoms with van der Waals surface area (Å²) >= 11 is 12.5. The summed E-state index contributed by atoms with van der Waals surface area (Å²) in [6.45, 7) is 5.71. The Morgan fingerprint density at radius 1 is 0.712 bits per heavy atom. The molecule has 6 aromatic rings. The van der Waals surface area contributed by atoms with Crippen molar-refractivity contribution in [3.63, 3.8) is 0 Å². The standard InChI is InChI=1S/C23H27Cl2N3O2.C23H16O6/c24-19-4-3-5-21(23(19)25)28-13-11-27(12-14-28)10-1-2-15-30-18-8-6-17-7-9-22(29)26-20(17)16-18;24-20-16(14-7-3-1-5-12(14)9-18(20)22(26)27)11-17-15-8-4-2-6-13(15)10-19(21(17)25)23(28)29/h3-6,8,16H,1-2,7,9-15H2,(H,26,29);1-10,24-25H,11H2,(H,26,27)(H,28,29). The Kier molecular flexibility index (Phi) is 12.8. The number of fused-ring (bicyclic) bond motifs is 3. The number of aryl methyl sites for hydroxylation is 1. The van der Waals surface area contributed by atoms with Crippen molar-refractivity contribution in [1.82, 2.24) is 4.90 Å². The van der Waals surface area contributed by atoms with Crippen molar-refractivity contribution in [1.29, 1.82) is 0 Å². The van der Waals surface area contributed by atoms with E-state index in [1.165, 1.54) is 17.7 Å².